The van der Waals surface area contributed by atoms with Gasteiger partial charge in [-0.25, -0.2) is 0 Å². The summed E-state index contributed by atoms with van der Waals surface area (Å²) in [5.74, 6) is 1.23. The van der Waals surface area contributed by atoms with E-state index in [4.69, 9.17) is 0 Å². The van der Waals surface area contributed by atoms with E-state index in [1.54, 1.807) is 0 Å². The van der Waals surface area contributed by atoms with Crippen molar-refractivity contribution in [3.63, 3.8) is 0 Å². The lowest BCUT2D eigenvalue weighted by Gasteiger charge is -2.14. The van der Waals surface area contributed by atoms with Crippen molar-refractivity contribution < 1.29 is 4.79 Å². The van der Waals surface area contributed by atoms with Crippen molar-refractivity contribution in [2.45, 2.75) is 57.3 Å². The quantitative estimate of drug-likeness (QED) is 0.749. The fourth-order valence-electron chi connectivity index (χ4n) is 1.68. The monoisotopic (exact) mass is 301 g/mol. The minimum atomic E-state index is 0.0786. The van der Waals surface area contributed by atoms with Crippen LogP contribution in [0, 0.1) is 12.8 Å². The maximum Gasteiger partial charge on any atom is 0.230 e. The number of nitrogens with zero attached hydrogens (tertiary/aromatic N) is 2. The van der Waals surface area contributed by atoms with Gasteiger partial charge in [-0.2, -0.15) is 0 Å². The normalized spacial score (nSPS) is 12.7. The molecule has 0 bridgehead atoms. The average molecular weight is 301 g/mol. The Morgan fingerprint density at radius 2 is 2.05 bits per heavy atom. The molecule has 0 aliphatic heterocycles. The Labute approximate surface area is 123 Å². The fourth-order valence-corrected chi connectivity index (χ4v) is 3.31. The SMILES string of the molecule is Cc1nnc(SCC(=O)NC(C)CCCC(C)C)s1. The summed E-state index contributed by atoms with van der Waals surface area (Å²) in [5.41, 5.74) is 0. The predicted molar refractivity (Wildman–Crippen MR) is 81.7 cm³/mol. The summed E-state index contributed by atoms with van der Waals surface area (Å²) in [5, 5.41) is 11.9. The maximum atomic E-state index is 11.8. The Kier molecular flexibility index (Phi) is 7.38. The number of nitrogens with one attached hydrogen (secondary N) is 1. The van der Waals surface area contributed by atoms with Crippen LogP contribution in [0.25, 0.3) is 0 Å². The second-order valence-electron chi connectivity index (χ2n) is 5.17. The van der Waals surface area contributed by atoms with Crippen LogP contribution >= 0.6 is 23.1 Å². The molecule has 0 saturated carbocycles. The zero-order chi connectivity index (χ0) is 14.3. The molecule has 6 heteroatoms. The highest BCUT2D eigenvalue weighted by atomic mass is 32.2. The van der Waals surface area contributed by atoms with Gasteiger partial charge in [0.05, 0.1) is 5.75 Å². The Balaban J connectivity index is 2.16. The van der Waals surface area contributed by atoms with Crippen LogP contribution in [0.2, 0.25) is 0 Å². The molecule has 1 unspecified atom stereocenters. The first-order valence-electron chi connectivity index (χ1n) is 6.69. The zero-order valence-electron chi connectivity index (χ0n) is 12.1. The molecule has 0 aliphatic carbocycles. The highest BCUT2D eigenvalue weighted by Crippen LogP contribution is 2.21. The van der Waals surface area contributed by atoms with E-state index in [1.165, 1.54) is 35.9 Å². The number of rotatable bonds is 8. The minimum Gasteiger partial charge on any atom is -0.353 e. The van der Waals surface area contributed by atoms with Gasteiger partial charge in [0.2, 0.25) is 5.91 Å². The van der Waals surface area contributed by atoms with Crippen LogP contribution < -0.4 is 5.32 Å². The number of hydrogen-bond acceptors (Lipinski definition) is 5. The van der Waals surface area contributed by atoms with Crippen molar-refractivity contribution in [3.8, 4) is 0 Å². The van der Waals surface area contributed by atoms with Crippen molar-refractivity contribution in [3.05, 3.63) is 5.01 Å². The van der Waals surface area contributed by atoms with Gasteiger partial charge < -0.3 is 5.32 Å². The molecule has 1 rings (SSSR count). The lowest BCUT2D eigenvalue weighted by molar-refractivity contribution is -0.119. The zero-order valence-corrected chi connectivity index (χ0v) is 13.7. The molecule has 0 aromatic carbocycles. The lowest BCUT2D eigenvalue weighted by Crippen LogP contribution is -2.33. The standard InChI is InChI=1S/C13H23N3OS2/c1-9(2)6-5-7-10(3)14-12(17)8-18-13-16-15-11(4)19-13/h9-10H,5-8H2,1-4H3,(H,14,17). The van der Waals surface area contributed by atoms with E-state index in [0.29, 0.717) is 5.75 Å². The first kappa shape index (κ1) is 16.4. The number of aryl methyl sites for hydroxylation is 1. The maximum absolute atomic E-state index is 11.8. The van der Waals surface area contributed by atoms with Crippen LogP contribution in [0.1, 0.15) is 45.0 Å². The molecular weight excluding hydrogens is 278 g/mol. The Morgan fingerprint density at radius 1 is 1.32 bits per heavy atom. The van der Waals surface area contributed by atoms with Crippen molar-refractivity contribution in [1.29, 1.82) is 0 Å². The van der Waals surface area contributed by atoms with Gasteiger partial charge in [0.15, 0.2) is 4.34 Å². The van der Waals surface area contributed by atoms with Gasteiger partial charge >= 0.3 is 0 Å². The van der Waals surface area contributed by atoms with Crippen molar-refractivity contribution in [2.75, 3.05) is 5.75 Å². The fraction of sp³-hybridized carbons (Fsp3) is 0.769. The summed E-state index contributed by atoms with van der Waals surface area (Å²) in [4.78, 5) is 11.8. The Hall–Kier alpha value is -0.620. The van der Waals surface area contributed by atoms with Crippen LogP contribution in [0.4, 0.5) is 0 Å². The highest BCUT2D eigenvalue weighted by Gasteiger charge is 2.09. The second-order valence-corrected chi connectivity index (χ2v) is 7.57. The number of carbonyl (C=O) groups excluding carboxylic acids is 1. The third-order valence-corrected chi connectivity index (χ3v) is 4.63. The molecular formula is C13H23N3OS2. The molecule has 1 aromatic rings. The molecule has 1 N–H and O–H groups in total. The summed E-state index contributed by atoms with van der Waals surface area (Å²) in [6, 6.07) is 0.253. The van der Waals surface area contributed by atoms with E-state index in [0.717, 1.165) is 21.7 Å². The molecule has 1 amide bonds. The largest absolute Gasteiger partial charge is 0.353 e. The number of thioether (sulfide) groups is 1. The van der Waals surface area contributed by atoms with Crippen LogP contribution in [0.5, 0.6) is 0 Å². The summed E-state index contributed by atoms with van der Waals surface area (Å²) in [6.45, 7) is 8.43. The molecule has 0 spiro atoms. The molecule has 1 aromatic heterocycles. The number of carbonyl (C=O) groups is 1. The first-order valence-corrected chi connectivity index (χ1v) is 8.50. The van der Waals surface area contributed by atoms with E-state index >= 15 is 0 Å². The molecule has 0 aliphatic rings. The first-order chi connectivity index (χ1) is 8.97. The van der Waals surface area contributed by atoms with E-state index in [2.05, 4.69) is 36.3 Å². The van der Waals surface area contributed by atoms with Crippen LogP contribution in [-0.4, -0.2) is 27.9 Å². The van der Waals surface area contributed by atoms with E-state index in [-0.39, 0.29) is 11.9 Å². The van der Waals surface area contributed by atoms with Crippen LogP contribution in [0.3, 0.4) is 0 Å². The van der Waals surface area contributed by atoms with Gasteiger partial charge in [0.1, 0.15) is 5.01 Å². The molecule has 0 fully saturated rings. The molecule has 4 nitrogen and oxygen atoms in total. The Morgan fingerprint density at radius 3 is 2.63 bits per heavy atom. The molecule has 0 saturated heterocycles. The van der Waals surface area contributed by atoms with Crippen molar-refractivity contribution >= 4 is 29.0 Å². The van der Waals surface area contributed by atoms with Gasteiger partial charge in [-0.05, 0) is 26.2 Å². The molecule has 19 heavy (non-hydrogen) atoms. The van der Waals surface area contributed by atoms with E-state index in [9.17, 15) is 4.79 Å². The smallest absolute Gasteiger partial charge is 0.230 e. The second kappa shape index (κ2) is 8.53. The molecule has 0 radical (unpaired) electrons. The number of amides is 1. The minimum absolute atomic E-state index is 0.0786. The van der Waals surface area contributed by atoms with Gasteiger partial charge in [-0.15, -0.1) is 10.2 Å². The van der Waals surface area contributed by atoms with Gasteiger partial charge in [0, 0.05) is 6.04 Å². The third kappa shape index (κ3) is 7.52. The van der Waals surface area contributed by atoms with Gasteiger partial charge in [0.25, 0.3) is 0 Å². The predicted octanol–water partition coefficient (Wildman–Crippen LogP) is 3.27. The van der Waals surface area contributed by atoms with Gasteiger partial charge in [-0.1, -0.05) is 49.8 Å². The van der Waals surface area contributed by atoms with Crippen molar-refractivity contribution in [1.82, 2.24) is 15.5 Å². The summed E-state index contributed by atoms with van der Waals surface area (Å²) in [7, 11) is 0. The lowest BCUT2D eigenvalue weighted by atomic mass is 10.0. The van der Waals surface area contributed by atoms with Crippen LogP contribution in [0.15, 0.2) is 4.34 Å². The average Bonchev–Trinajstić information content (AvgIpc) is 2.72. The number of hydrogen-bond donors (Lipinski definition) is 1. The van der Waals surface area contributed by atoms with Crippen LogP contribution in [-0.2, 0) is 4.79 Å². The number of aromatic nitrogens is 2. The van der Waals surface area contributed by atoms with E-state index < -0.39 is 0 Å². The highest BCUT2D eigenvalue weighted by molar-refractivity contribution is 8.01. The summed E-state index contributed by atoms with van der Waals surface area (Å²) in [6.07, 6.45) is 3.44. The summed E-state index contributed by atoms with van der Waals surface area (Å²) < 4.78 is 0.861. The Bertz CT molecular complexity index is 393. The topological polar surface area (TPSA) is 54.9 Å². The van der Waals surface area contributed by atoms with Gasteiger partial charge in [-0.3, -0.25) is 4.79 Å². The molecule has 1 atom stereocenters. The third-order valence-electron chi connectivity index (χ3n) is 2.66. The van der Waals surface area contributed by atoms with Crippen molar-refractivity contribution in [2.24, 2.45) is 5.92 Å². The van der Waals surface area contributed by atoms with E-state index in [1.807, 2.05) is 6.92 Å². The molecule has 1 heterocycles. The molecule has 108 valence electrons. The summed E-state index contributed by atoms with van der Waals surface area (Å²) >= 11 is 2.98.